The summed E-state index contributed by atoms with van der Waals surface area (Å²) in [5.41, 5.74) is 0. The van der Waals surface area contributed by atoms with Gasteiger partial charge in [0.1, 0.15) is 6.04 Å². The number of amides is 2. The van der Waals surface area contributed by atoms with Gasteiger partial charge in [-0.25, -0.2) is 0 Å². The van der Waals surface area contributed by atoms with Gasteiger partial charge >= 0.3 is 0 Å². The van der Waals surface area contributed by atoms with Crippen molar-refractivity contribution in [2.45, 2.75) is 116 Å². The summed E-state index contributed by atoms with van der Waals surface area (Å²) in [5.74, 6) is 0.177. The molecule has 0 aliphatic carbocycles. The van der Waals surface area contributed by atoms with Crippen molar-refractivity contribution in [3.63, 3.8) is 0 Å². The van der Waals surface area contributed by atoms with E-state index >= 15 is 0 Å². The van der Waals surface area contributed by atoms with Gasteiger partial charge in [0, 0.05) is 26.1 Å². The molecule has 170 valence electrons. The molecule has 0 aromatic heterocycles. The lowest BCUT2D eigenvalue weighted by atomic mass is 10.0. The van der Waals surface area contributed by atoms with Gasteiger partial charge in [-0.15, -0.1) is 0 Å². The van der Waals surface area contributed by atoms with E-state index in [4.69, 9.17) is 0 Å². The van der Waals surface area contributed by atoms with E-state index in [9.17, 15) is 9.59 Å². The Morgan fingerprint density at radius 1 is 0.828 bits per heavy atom. The molecule has 1 atom stereocenters. The fourth-order valence-corrected chi connectivity index (χ4v) is 4.20. The van der Waals surface area contributed by atoms with Gasteiger partial charge in [-0.1, -0.05) is 84.0 Å². The maximum atomic E-state index is 12.5. The third kappa shape index (κ3) is 12.2. The molecule has 0 bridgehead atoms. The normalized spacial score (nSPS) is 16.3. The lowest BCUT2D eigenvalue weighted by molar-refractivity contribution is -0.138. The number of nitrogens with one attached hydrogen (secondary N) is 2. The number of carbonyl (C=O) groups excluding carboxylic acids is 2. The van der Waals surface area contributed by atoms with Crippen molar-refractivity contribution in [3.8, 4) is 0 Å². The summed E-state index contributed by atoms with van der Waals surface area (Å²) in [4.78, 5) is 26.6. The molecule has 0 radical (unpaired) electrons. The Morgan fingerprint density at radius 2 is 1.38 bits per heavy atom. The van der Waals surface area contributed by atoms with Crippen molar-refractivity contribution in [1.29, 1.82) is 0 Å². The molecular formula is C24H47N3O2. The van der Waals surface area contributed by atoms with Gasteiger partial charge in [-0.3, -0.25) is 9.59 Å². The molecule has 0 saturated carbocycles. The smallest absolute Gasteiger partial charge is 0.242 e. The number of hydrogen-bond donors (Lipinski definition) is 2. The van der Waals surface area contributed by atoms with Crippen LogP contribution in [-0.4, -0.2) is 49.4 Å². The second-order valence-corrected chi connectivity index (χ2v) is 8.63. The summed E-state index contributed by atoms with van der Waals surface area (Å²) in [6.45, 7) is 4.38. The lowest BCUT2D eigenvalue weighted by Gasteiger charge is -2.24. The van der Waals surface area contributed by atoms with Crippen LogP contribution in [0.1, 0.15) is 110 Å². The fourth-order valence-electron chi connectivity index (χ4n) is 4.20. The van der Waals surface area contributed by atoms with Gasteiger partial charge in [-0.2, -0.15) is 0 Å². The largest absolute Gasteiger partial charge is 0.353 e. The Bertz CT molecular complexity index is 428. The summed E-state index contributed by atoms with van der Waals surface area (Å²) < 4.78 is 0. The second-order valence-electron chi connectivity index (χ2n) is 8.63. The number of carbonyl (C=O) groups is 2. The molecule has 1 heterocycles. The first-order valence-electron chi connectivity index (χ1n) is 12.4. The monoisotopic (exact) mass is 409 g/mol. The Hall–Kier alpha value is -1.10. The molecule has 2 amide bonds. The number of unbranched alkanes of at least 4 members (excludes halogenated alkanes) is 12. The molecule has 1 aliphatic rings. The van der Waals surface area contributed by atoms with Gasteiger partial charge in [0.2, 0.25) is 11.8 Å². The first-order chi connectivity index (χ1) is 14.2. The molecule has 0 aromatic rings. The number of rotatable bonds is 18. The first-order valence-corrected chi connectivity index (χ1v) is 12.4. The zero-order valence-corrected chi connectivity index (χ0v) is 19.3. The standard InChI is InChI=1S/C24H47N3O2/c1-3-4-5-6-7-8-9-10-11-12-13-14-15-18-23(28)27-21-16-17-22(27)24(29)26-20-19-25-2/h22,25H,3-21H2,1-2H3,(H,26,29). The van der Waals surface area contributed by atoms with Crippen LogP contribution < -0.4 is 10.6 Å². The Kier molecular flexibility index (Phi) is 15.9. The number of nitrogens with zero attached hydrogens (tertiary/aromatic N) is 1. The van der Waals surface area contributed by atoms with E-state index < -0.39 is 0 Å². The van der Waals surface area contributed by atoms with Crippen LogP contribution in [-0.2, 0) is 9.59 Å². The minimum absolute atomic E-state index is 0.0106. The van der Waals surface area contributed by atoms with Gasteiger partial charge < -0.3 is 15.5 Å². The highest BCUT2D eigenvalue weighted by Gasteiger charge is 2.33. The van der Waals surface area contributed by atoms with Crippen LogP contribution in [0.25, 0.3) is 0 Å². The molecule has 1 fully saturated rings. The third-order valence-corrected chi connectivity index (χ3v) is 6.04. The highest BCUT2D eigenvalue weighted by atomic mass is 16.2. The Labute approximate surface area is 179 Å². The highest BCUT2D eigenvalue weighted by Crippen LogP contribution is 2.20. The Morgan fingerprint density at radius 3 is 1.93 bits per heavy atom. The van der Waals surface area contributed by atoms with Gasteiger partial charge in [0.15, 0.2) is 0 Å². The minimum atomic E-state index is -0.249. The van der Waals surface area contributed by atoms with Gasteiger partial charge in [-0.05, 0) is 26.3 Å². The lowest BCUT2D eigenvalue weighted by Crippen LogP contribution is -2.47. The topological polar surface area (TPSA) is 61.4 Å². The number of likely N-dealkylation sites (N-methyl/N-ethyl adjacent to an activating group) is 1. The van der Waals surface area contributed by atoms with Crippen LogP contribution in [0.5, 0.6) is 0 Å². The van der Waals surface area contributed by atoms with Crippen LogP contribution in [0.4, 0.5) is 0 Å². The average Bonchev–Trinajstić information content (AvgIpc) is 3.21. The fraction of sp³-hybridized carbons (Fsp3) is 0.917. The number of likely N-dealkylation sites (tertiary alicyclic amines) is 1. The molecular weight excluding hydrogens is 362 g/mol. The van der Waals surface area contributed by atoms with Crippen molar-refractivity contribution < 1.29 is 9.59 Å². The average molecular weight is 410 g/mol. The molecule has 0 aromatic carbocycles. The molecule has 1 unspecified atom stereocenters. The van der Waals surface area contributed by atoms with E-state index in [1.807, 2.05) is 11.9 Å². The second kappa shape index (κ2) is 17.7. The summed E-state index contributed by atoms with van der Waals surface area (Å²) in [6.07, 6.45) is 19.4. The summed E-state index contributed by atoms with van der Waals surface area (Å²) in [7, 11) is 1.87. The van der Waals surface area contributed by atoms with Crippen molar-refractivity contribution in [2.24, 2.45) is 0 Å². The predicted octanol–water partition coefficient (Wildman–Crippen LogP) is 4.79. The molecule has 29 heavy (non-hydrogen) atoms. The molecule has 5 nitrogen and oxygen atoms in total. The zero-order chi connectivity index (χ0) is 21.2. The van der Waals surface area contributed by atoms with E-state index in [-0.39, 0.29) is 17.9 Å². The number of hydrogen-bond acceptors (Lipinski definition) is 3. The molecule has 1 aliphatic heterocycles. The van der Waals surface area contributed by atoms with Crippen molar-refractivity contribution in [1.82, 2.24) is 15.5 Å². The van der Waals surface area contributed by atoms with Gasteiger partial charge in [0.05, 0.1) is 0 Å². The maximum absolute atomic E-state index is 12.5. The quantitative estimate of drug-likeness (QED) is 0.320. The van der Waals surface area contributed by atoms with E-state index in [1.54, 1.807) is 0 Å². The zero-order valence-electron chi connectivity index (χ0n) is 19.3. The molecule has 5 heteroatoms. The molecule has 0 spiro atoms. The van der Waals surface area contributed by atoms with Crippen LogP contribution in [0.2, 0.25) is 0 Å². The summed E-state index contributed by atoms with van der Waals surface area (Å²) in [5, 5.41) is 5.95. The Balaban J connectivity index is 1.99. The molecule has 1 saturated heterocycles. The molecule has 2 N–H and O–H groups in total. The first kappa shape index (κ1) is 25.9. The summed E-state index contributed by atoms with van der Waals surface area (Å²) in [6, 6.07) is -0.249. The van der Waals surface area contributed by atoms with Crippen LogP contribution in [0.15, 0.2) is 0 Å². The van der Waals surface area contributed by atoms with Crippen LogP contribution in [0.3, 0.4) is 0 Å². The van der Waals surface area contributed by atoms with Crippen LogP contribution >= 0.6 is 0 Å². The highest BCUT2D eigenvalue weighted by molar-refractivity contribution is 5.88. The third-order valence-electron chi connectivity index (χ3n) is 6.04. The maximum Gasteiger partial charge on any atom is 0.242 e. The van der Waals surface area contributed by atoms with E-state index in [2.05, 4.69) is 17.6 Å². The van der Waals surface area contributed by atoms with E-state index in [0.29, 0.717) is 13.0 Å². The SMILES string of the molecule is CCCCCCCCCCCCCCCC(=O)N1CCCC1C(=O)NCCNC. The van der Waals surface area contributed by atoms with E-state index in [0.717, 1.165) is 38.8 Å². The molecule has 1 rings (SSSR count). The van der Waals surface area contributed by atoms with Crippen molar-refractivity contribution in [2.75, 3.05) is 26.7 Å². The van der Waals surface area contributed by atoms with Crippen molar-refractivity contribution >= 4 is 11.8 Å². The summed E-state index contributed by atoms with van der Waals surface area (Å²) >= 11 is 0. The van der Waals surface area contributed by atoms with Crippen molar-refractivity contribution in [3.05, 3.63) is 0 Å². The van der Waals surface area contributed by atoms with Gasteiger partial charge in [0.25, 0.3) is 0 Å². The minimum Gasteiger partial charge on any atom is -0.353 e. The van der Waals surface area contributed by atoms with E-state index in [1.165, 1.54) is 70.6 Å². The van der Waals surface area contributed by atoms with Crippen LogP contribution in [0, 0.1) is 0 Å². The predicted molar refractivity (Wildman–Crippen MR) is 122 cm³/mol.